The van der Waals surface area contributed by atoms with Gasteiger partial charge in [-0.15, -0.1) is 0 Å². The first-order valence-corrected chi connectivity index (χ1v) is 7.83. The number of hydrogen-bond acceptors (Lipinski definition) is 4. The molecule has 0 spiro atoms. The molecule has 0 saturated carbocycles. The highest BCUT2D eigenvalue weighted by molar-refractivity contribution is 7.90. The third-order valence-corrected chi connectivity index (χ3v) is 4.39. The summed E-state index contributed by atoms with van der Waals surface area (Å²) in [6, 6.07) is 9.07. The Kier molecular flexibility index (Phi) is 4.34. The van der Waals surface area contributed by atoms with E-state index in [9.17, 15) is 8.42 Å². The SMILES string of the molecule is O=S(=O)(CCCO)Cc1ccc(-n2cccn2)cc1. The summed E-state index contributed by atoms with van der Waals surface area (Å²) in [6.45, 7) is -0.0997. The Morgan fingerprint density at radius 3 is 2.53 bits per heavy atom. The van der Waals surface area contributed by atoms with Gasteiger partial charge in [-0.25, -0.2) is 13.1 Å². The highest BCUT2D eigenvalue weighted by Gasteiger charge is 2.11. The number of rotatable bonds is 6. The first-order chi connectivity index (χ1) is 9.11. The lowest BCUT2D eigenvalue weighted by molar-refractivity contribution is 0.295. The molecule has 0 amide bonds. The Morgan fingerprint density at radius 2 is 1.95 bits per heavy atom. The highest BCUT2D eigenvalue weighted by Crippen LogP contribution is 2.12. The zero-order valence-electron chi connectivity index (χ0n) is 10.4. The first-order valence-electron chi connectivity index (χ1n) is 6.01. The lowest BCUT2D eigenvalue weighted by Crippen LogP contribution is -2.10. The Balaban J connectivity index is 2.07. The van der Waals surface area contributed by atoms with Crippen molar-refractivity contribution in [3.63, 3.8) is 0 Å². The highest BCUT2D eigenvalue weighted by atomic mass is 32.2. The van der Waals surface area contributed by atoms with E-state index in [1.807, 2.05) is 24.4 Å². The fraction of sp³-hybridized carbons (Fsp3) is 0.308. The van der Waals surface area contributed by atoms with Gasteiger partial charge < -0.3 is 5.11 Å². The van der Waals surface area contributed by atoms with Crippen LogP contribution in [0.25, 0.3) is 5.69 Å². The number of hydrogen-bond donors (Lipinski definition) is 1. The molecule has 0 aliphatic carbocycles. The number of benzene rings is 1. The van der Waals surface area contributed by atoms with Crippen molar-refractivity contribution in [3.8, 4) is 5.69 Å². The minimum atomic E-state index is -3.15. The molecule has 19 heavy (non-hydrogen) atoms. The van der Waals surface area contributed by atoms with Crippen LogP contribution in [-0.4, -0.2) is 35.7 Å². The minimum absolute atomic E-state index is 0.00634. The van der Waals surface area contributed by atoms with E-state index >= 15 is 0 Å². The van der Waals surface area contributed by atoms with Gasteiger partial charge in [-0.2, -0.15) is 5.10 Å². The van der Waals surface area contributed by atoms with Gasteiger partial charge in [0.25, 0.3) is 0 Å². The molecule has 1 aromatic carbocycles. The summed E-state index contributed by atoms with van der Waals surface area (Å²) in [4.78, 5) is 0. The van der Waals surface area contributed by atoms with Gasteiger partial charge in [0.15, 0.2) is 9.84 Å². The molecule has 1 N–H and O–H groups in total. The molecular formula is C13H16N2O3S. The van der Waals surface area contributed by atoms with Crippen LogP contribution >= 0.6 is 0 Å². The van der Waals surface area contributed by atoms with Crippen LogP contribution < -0.4 is 0 Å². The van der Waals surface area contributed by atoms with Crippen molar-refractivity contribution in [1.82, 2.24) is 9.78 Å². The molecule has 6 heteroatoms. The molecule has 102 valence electrons. The predicted molar refractivity (Wildman–Crippen MR) is 72.8 cm³/mol. The van der Waals surface area contributed by atoms with E-state index in [0.717, 1.165) is 11.3 Å². The average molecular weight is 280 g/mol. The maximum Gasteiger partial charge on any atom is 0.154 e. The first kappa shape index (κ1) is 13.8. The van der Waals surface area contributed by atoms with Gasteiger partial charge in [-0.05, 0) is 30.2 Å². The van der Waals surface area contributed by atoms with Gasteiger partial charge in [-0.3, -0.25) is 0 Å². The van der Waals surface area contributed by atoms with Crippen LogP contribution in [0, 0.1) is 0 Å². The maximum atomic E-state index is 11.7. The number of aliphatic hydroxyl groups is 1. The molecule has 1 aromatic heterocycles. The molecule has 0 fully saturated rings. The second-order valence-electron chi connectivity index (χ2n) is 4.29. The molecule has 0 unspecified atom stereocenters. The van der Waals surface area contributed by atoms with Crippen LogP contribution in [0.1, 0.15) is 12.0 Å². The van der Waals surface area contributed by atoms with Crippen LogP contribution in [0.4, 0.5) is 0 Å². The number of sulfone groups is 1. The largest absolute Gasteiger partial charge is 0.396 e. The zero-order chi connectivity index (χ0) is 13.7. The van der Waals surface area contributed by atoms with Crippen molar-refractivity contribution in [1.29, 1.82) is 0 Å². The molecule has 5 nitrogen and oxygen atoms in total. The van der Waals surface area contributed by atoms with Crippen molar-refractivity contribution >= 4 is 9.84 Å². The van der Waals surface area contributed by atoms with Crippen molar-refractivity contribution in [2.24, 2.45) is 0 Å². The Morgan fingerprint density at radius 1 is 1.21 bits per heavy atom. The number of nitrogens with zero attached hydrogens (tertiary/aromatic N) is 2. The van der Waals surface area contributed by atoms with E-state index in [4.69, 9.17) is 5.11 Å². The zero-order valence-corrected chi connectivity index (χ0v) is 11.3. The van der Waals surface area contributed by atoms with Crippen LogP contribution in [0.2, 0.25) is 0 Å². The molecule has 0 aliphatic heterocycles. The monoisotopic (exact) mass is 280 g/mol. The third kappa shape index (κ3) is 3.90. The summed E-state index contributed by atoms with van der Waals surface area (Å²) in [6.07, 6.45) is 3.80. The van der Waals surface area contributed by atoms with Crippen LogP contribution in [0.3, 0.4) is 0 Å². The van der Waals surface area contributed by atoms with Crippen molar-refractivity contribution in [2.45, 2.75) is 12.2 Å². The van der Waals surface area contributed by atoms with Crippen LogP contribution in [0.15, 0.2) is 42.7 Å². The topological polar surface area (TPSA) is 72.2 Å². The predicted octanol–water partition coefficient (Wildman–Crippen LogP) is 1.17. The fourth-order valence-electron chi connectivity index (χ4n) is 1.78. The summed E-state index contributed by atoms with van der Waals surface area (Å²) in [5.74, 6) is 0.0246. The van der Waals surface area contributed by atoms with E-state index in [0.29, 0.717) is 0 Å². The molecular weight excluding hydrogens is 264 g/mol. The fourth-order valence-corrected chi connectivity index (χ4v) is 3.19. The van der Waals surface area contributed by atoms with Gasteiger partial charge in [0.1, 0.15) is 0 Å². The summed E-state index contributed by atoms with van der Waals surface area (Å²) in [7, 11) is -3.15. The molecule has 0 saturated heterocycles. The summed E-state index contributed by atoms with van der Waals surface area (Å²) >= 11 is 0. The van der Waals surface area contributed by atoms with Crippen molar-refractivity contribution in [2.75, 3.05) is 12.4 Å². The molecule has 0 bridgehead atoms. The lowest BCUT2D eigenvalue weighted by atomic mass is 10.2. The Labute approximate surface area is 112 Å². The van der Waals surface area contributed by atoms with Gasteiger partial charge in [0.05, 0.1) is 17.2 Å². The molecule has 2 rings (SSSR count). The smallest absolute Gasteiger partial charge is 0.154 e. The van der Waals surface area contributed by atoms with Crippen molar-refractivity contribution in [3.05, 3.63) is 48.3 Å². The summed E-state index contributed by atoms with van der Waals surface area (Å²) in [5.41, 5.74) is 1.63. The van der Waals surface area contributed by atoms with Crippen molar-refractivity contribution < 1.29 is 13.5 Å². The van der Waals surface area contributed by atoms with E-state index in [1.54, 1.807) is 23.0 Å². The van der Waals surface area contributed by atoms with E-state index in [-0.39, 0.29) is 24.5 Å². The maximum absolute atomic E-state index is 11.7. The van der Waals surface area contributed by atoms with Gasteiger partial charge >= 0.3 is 0 Å². The standard InChI is InChI=1S/C13H16N2O3S/c16-9-2-10-19(17,18)11-12-3-5-13(6-4-12)15-8-1-7-14-15/h1,3-8,16H,2,9-11H2. The van der Waals surface area contributed by atoms with E-state index < -0.39 is 9.84 Å². The lowest BCUT2D eigenvalue weighted by Gasteiger charge is -2.05. The quantitative estimate of drug-likeness (QED) is 0.862. The average Bonchev–Trinajstić information content (AvgIpc) is 2.91. The summed E-state index contributed by atoms with van der Waals surface area (Å²) in [5, 5.41) is 12.8. The molecule has 1 heterocycles. The minimum Gasteiger partial charge on any atom is -0.396 e. The molecule has 2 aromatic rings. The Bertz CT molecular complexity index is 604. The van der Waals surface area contributed by atoms with Crippen LogP contribution in [0.5, 0.6) is 0 Å². The second-order valence-corrected chi connectivity index (χ2v) is 6.47. The number of aromatic nitrogens is 2. The Hall–Kier alpha value is -1.66. The van der Waals surface area contributed by atoms with Gasteiger partial charge in [-0.1, -0.05) is 12.1 Å². The molecule has 0 radical (unpaired) electrons. The van der Waals surface area contributed by atoms with E-state index in [1.165, 1.54) is 0 Å². The van der Waals surface area contributed by atoms with Crippen LogP contribution in [-0.2, 0) is 15.6 Å². The van der Waals surface area contributed by atoms with Gasteiger partial charge in [0.2, 0.25) is 0 Å². The third-order valence-electron chi connectivity index (χ3n) is 2.71. The van der Waals surface area contributed by atoms with E-state index in [2.05, 4.69) is 5.10 Å². The van der Waals surface area contributed by atoms with Gasteiger partial charge in [0, 0.05) is 19.0 Å². The molecule has 0 atom stereocenters. The molecule has 0 aliphatic rings. The second kappa shape index (κ2) is 5.99. The number of aliphatic hydroxyl groups excluding tert-OH is 1. The normalized spacial score (nSPS) is 11.6. The summed E-state index contributed by atoms with van der Waals surface area (Å²) < 4.78 is 25.2.